The van der Waals surface area contributed by atoms with Gasteiger partial charge in [-0.05, 0) is 13.6 Å². The fraction of sp³-hybridized carbons (Fsp3) is 1.00. The van der Waals surface area contributed by atoms with Gasteiger partial charge in [0.1, 0.15) is 0 Å². The zero-order valence-electron chi connectivity index (χ0n) is 5.23. The second-order valence-corrected chi connectivity index (χ2v) is 1.35. The van der Waals surface area contributed by atoms with Crippen molar-refractivity contribution in [2.24, 2.45) is 0 Å². The third-order valence-corrected chi connectivity index (χ3v) is 0.679. The molecule has 0 fully saturated rings. The topological polar surface area (TPSA) is 56.3 Å². The van der Waals surface area contributed by atoms with Crippen LogP contribution in [-0.4, -0.2) is 25.1 Å². The summed E-state index contributed by atoms with van der Waals surface area (Å²) in [6.07, 6.45) is -0.648. The van der Waals surface area contributed by atoms with Crippen LogP contribution in [0, 0.1) is 0 Å². The van der Waals surface area contributed by atoms with E-state index in [-0.39, 0.29) is 0 Å². The number of hydrazine groups is 1. The molecule has 4 N–H and O–H groups in total. The number of nitrogens with one attached hydrogen (secondary N) is 3. The molecule has 0 spiro atoms. The van der Waals surface area contributed by atoms with E-state index in [1.807, 2.05) is 6.92 Å². The molecule has 0 aromatic heterocycles. The monoisotopic (exact) mass is 119 g/mol. The number of aliphatic hydroxyl groups excluding tert-OH is 1. The van der Waals surface area contributed by atoms with Crippen molar-refractivity contribution < 1.29 is 5.11 Å². The predicted octanol–water partition coefficient (Wildman–Crippen LogP) is -1.40. The van der Waals surface area contributed by atoms with Crippen LogP contribution in [0.4, 0.5) is 0 Å². The molecule has 0 amide bonds. The lowest BCUT2D eigenvalue weighted by Crippen LogP contribution is -2.47. The summed E-state index contributed by atoms with van der Waals surface area (Å²) in [5, 5.41) is 11.5. The van der Waals surface area contributed by atoms with Crippen molar-refractivity contribution in [3.8, 4) is 0 Å². The summed E-state index contributed by atoms with van der Waals surface area (Å²) in [4.78, 5) is 0. The Labute approximate surface area is 49.2 Å². The molecule has 0 heterocycles. The second-order valence-electron chi connectivity index (χ2n) is 1.35. The van der Waals surface area contributed by atoms with Gasteiger partial charge < -0.3 is 5.11 Å². The summed E-state index contributed by atoms with van der Waals surface area (Å²) in [7, 11) is 1.70. The third kappa shape index (κ3) is 4.01. The van der Waals surface area contributed by atoms with Crippen LogP contribution in [0.2, 0.25) is 0 Å². The van der Waals surface area contributed by atoms with E-state index in [1.54, 1.807) is 7.05 Å². The minimum atomic E-state index is -0.648. The molecule has 1 unspecified atom stereocenters. The van der Waals surface area contributed by atoms with Gasteiger partial charge >= 0.3 is 0 Å². The minimum absolute atomic E-state index is 0.648. The molecule has 0 aromatic rings. The van der Waals surface area contributed by atoms with E-state index in [0.29, 0.717) is 0 Å². The molecule has 50 valence electrons. The molecule has 4 nitrogen and oxygen atoms in total. The molecule has 0 aliphatic rings. The summed E-state index contributed by atoms with van der Waals surface area (Å²) in [6.45, 7) is 2.66. The molecule has 4 heteroatoms. The summed E-state index contributed by atoms with van der Waals surface area (Å²) in [5.74, 6) is 0. The van der Waals surface area contributed by atoms with Crippen LogP contribution < -0.4 is 16.2 Å². The van der Waals surface area contributed by atoms with Gasteiger partial charge in [0.15, 0.2) is 6.35 Å². The molecular weight excluding hydrogens is 106 g/mol. The average Bonchev–Trinajstić information content (AvgIpc) is 1.68. The van der Waals surface area contributed by atoms with E-state index in [1.165, 1.54) is 0 Å². The minimum Gasteiger partial charge on any atom is -0.364 e. The number of hydrogen-bond acceptors (Lipinski definition) is 4. The van der Waals surface area contributed by atoms with Gasteiger partial charge in [-0.3, -0.25) is 10.7 Å². The zero-order valence-corrected chi connectivity index (χ0v) is 5.23. The standard InChI is InChI=1S/C4H13N3O/c1-3-6-4(8)7-5-2/h4-8H,3H2,1-2H3. The first-order chi connectivity index (χ1) is 3.81. The molecule has 1 atom stereocenters. The molecule has 0 aliphatic heterocycles. The van der Waals surface area contributed by atoms with E-state index in [0.717, 1.165) is 6.54 Å². The van der Waals surface area contributed by atoms with Crippen LogP contribution in [0.25, 0.3) is 0 Å². The van der Waals surface area contributed by atoms with Gasteiger partial charge in [-0.15, -0.1) is 0 Å². The summed E-state index contributed by atoms with van der Waals surface area (Å²) in [6, 6.07) is 0. The van der Waals surface area contributed by atoms with E-state index in [2.05, 4.69) is 16.2 Å². The average molecular weight is 119 g/mol. The highest BCUT2D eigenvalue weighted by atomic mass is 16.3. The lowest BCUT2D eigenvalue weighted by molar-refractivity contribution is 0.0910. The maximum atomic E-state index is 8.76. The molecule has 0 bridgehead atoms. The highest BCUT2D eigenvalue weighted by Crippen LogP contribution is 1.61. The van der Waals surface area contributed by atoms with Gasteiger partial charge in [0.2, 0.25) is 0 Å². The second kappa shape index (κ2) is 4.99. The van der Waals surface area contributed by atoms with Crippen molar-refractivity contribution in [3.63, 3.8) is 0 Å². The first kappa shape index (κ1) is 7.84. The van der Waals surface area contributed by atoms with Crippen LogP contribution in [0.1, 0.15) is 6.92 Å². The Morgan fingerprint density at radius 3 is 2.62 bits per heavy atom. The van der Waals surface area contributed by atoms with Gasteiger partial charge in [-0.1, -0.05) is 6.92 Å². The first-order valence-corrected chi connectivity index (χ1v) is 2.65. The highest BCUT2D eigenvalue weighted by Gasteiger charge is 1.93. The molecule has 8 heavy (non-hydrogen) atoms. The molecule has 0 saturated carbocycles. The first-order valence-electron chi connectivity index (χ1n) is 2.65. The van der Waals surface area contributed by atoms with E-state index < -0.39 is 6.35 Å². The van der Waals surface area contributed by atoms with Crippen molar-refractivity contribution in [2.45, 2.75) is 13.3 Å². The molecule has 0 rings (SSSR count). The van der Waals surface area contributed by atoms with Gasteiger partial charge in [-0.25, -0.2) is 5.43 Å². The largest absolute Gasteiger partial charge is 0.364 e. The van der Waals surface area contributed by atoms with E-state index in [4.69, 9.17) is 5.11 Å². The maximum Gasteiger partial charge on any atom is 0.173 e. The molecule has 0 aliphatic carbocycles. The Hall–Kier alpha value is -0.160. The summed E-state index contributed by atoms with van der Waals surface area (Å²) in [5.41, 5.74) is 5.13. The highest BCUT2D eigenvalue weighted by molar-refractivity contribution is 4.40. The number of aliphatic hydroxyl groups is 1. The Bertz CT molecular complexity index is 44.5. The van der Waals surface area contributed by atoms with E-state index in [9.17, 15) is 0 Å². The van der Waals surface area contributed by atoms with Crippen LogP contribution >= 0.6 is 0 Å². The normalized spacial score (nSPS) is 13.9. The SMILES string of the molecule is CCNC(O)NNC. The fourth-order valence-electron chi connectivity index (χ4n) is 0.381. The Morgan fingerprint density at radius 2 is 2.25 bits per heavy atom. The fourth-order valence-corrected chi connectivity index (χ4v) is 0.381. The predicted molar refractivity (Wildman–Crippen MR) is 31.9 cm³/mol. The Balaban J connectivity index is 2.92. The van der Waals surface area contributed by atoms with E-state index >= 15 is 0 Å². The Kier molecular flexibility index (Phi) is 4.89. The van der Waals surface area contributed by atoms with Gasteiger partial charge in [0, 0.05) is 0 Å². The smallest absolute Gasteiger partial charge is 0.173 e. The maximum absolute atomic E-state index is 8.76. The lowest BCUT2D eigenvalue weighted by Gasteiger charge is -2.10. The van der Waals surface area contributed by atoms with Crippen molar-refractivity contribution >= 4 is 0 Å². The van der Waals surface area contributed by atoms with Crippen molar-refractivity contribution in [1.82, 2.24) is 16.2 Å². The number of rotatable bonds is 4. The summed E-state index contributed by atoms with van der Waals surface area (Å²) >= 11 is 0. The summed E-state index contributed by atoms with van der Waals surface area (Å²) < 4.78 is 0. The van der Waals surface area contributed by atoms with Crippen molar-refractivity contribution in [2.75, 3.05) is 13.6 Å². The van der Waals surface area contributed by atoms with Gasteiger partial charge in [-0.2, -0.15) is 0 Å². The zero-order chi connectivity index (χ0) is 6.41. The Morgan fingerprint density at radius 1 is 1.62 bits per heavy atom. The van der Waals surface area contributed by atoms with Crippen molar-refractivity contribution in [3.05, 3.63) is 0 Å². The van der Waals surface area contributed by atoms with Gasteiger partial charge in [0.25, 0.3) is 0 Å². The lowest BCUT2D eigenvalue weighted by atomic mass is 10.7. The molecule has 0 saturated heterocycles. The van der Waals surface area contributed by atoms with Crippen LogP contribution in [0.15, 0.2) is 0 Å². The quantitative estimate of drug-likeness (QED) is 0.271. The van der Waals surface area contributed by atoms with Gasteiger partial charge in [0.05, 0.1) is 0 Å². The van der Waals surface area contributed by atoms with Crippen LogP contribution in [-0.2, 0) is 0 Å². The molecule has 0 aromatic carbocycles. The third-order valence-electron chi connectivity index (χ3n) is 0.679. The van der Waals surface area contributed by atoms with Crippen LogP contribution in [0.5, 0.6) is 0 Å². The molecular formula is C4H13N3O. The van der Waals surface area contributed by atoms with Crippen LogP contribution in [0.3, 0.4) is 0 Å². The molecule has 0 radical (unpaired) electrons. The van der Waals surface area contributed by atoms with Crippen molar-refractivity contribution in [1.29, 1.82) is 0 Å². The number of hydrogen-bond donors (Lipinski definition) is 4.